The predicted octanol–water partition coefficient (Wildman–Crippen LogP) is 4.26. The highest BCUT2D eigenvalue weighted by molar-refractivity contribution is 8.00. The first kappa shape index (κ1) is 11.5. The van der Waals surface area contributed by atoms with Gasteiger partial charge in [0.2, 0.25) is 0 Å². The summed E-state index contributed by atoms with van der Waals surface area (Å²) in [5, 5.41) is 0.712. The lowest BCUT2D eigenvalue weighted by Gasteiger charge is -2.06. The molecule has 1 aliphatic rings. The molecule has 1 heterocycles. The average molecular weight is 261 g/mol. The van der Waals surface area contributed by atoms with Gasteiger partial charge in [-0.3, -0.25) is 4.79 Å². The van der Waals surface area contributed by atoms with Crippen LogP contribution < -0.4 is 0 Å². The molecule has 0 N–H and O–H groups in total. The van der Waals surface area contributed by atoms with Crippen molar-refractivity contribution in [1.29, 1.82) is 0 Å². The molecule has 0 unspecified atom stereocenters. The van der Waals surface area contributed by atoms with E-state index in [0.717, 1.165) is 4.88 Å². The van der Waals surface area contributed by atoms with E-state index in [1.165, 1.54) is 37.0 Å². The monoisotopic (exact) mass is 260 g/mol. The van der Waals surface area contributed by atoms with Crippen molar-refractivity contribution in [3.8, 4) is 0 Å². The lowest BCUT2D eigenvalue weighted by molar-refractivity contribution is 0.102. The second kappa shape index (κ2) is 5.37. The molecule has 1 nitrogen and oxygen atoms in total. The molecule has 0 amide bonds. The minimum absolute atomic E-state index is 0.226. The second-order valence-electron chi connectivity index (χ2n) is 3.74. The van der Waals surface area contributed by atoms with Crippen molar-refractivity contribution >= 4 is 40.5 Å². The number of carbonyl (C=O) groups excluding carboxylic acids is 1. The number of thioether (sulfide) groups is 1. The molecule has 0 aromatic carbocycles. The molecule has 1 saturated carbocycles. The summed E-state index contributed by atoms with van der Waals surface area (Å²) in [4.78, 5) is 12.5. The second-order valence-corrected chi connectivity index (χ2v) is 6.75. The van der Waals surface area contributed by atoms with Crippen molar-refractivity contribution in [2.75, 3.05) is 5.75 Å². The van der Waals surface area contributed by atoms with Crippen LogP contribution in [-0.2, 0) is 0 Å². The van der Waals surface area contributed by atoms with Crippen molar-refractivity contribution in [1.82, 2.24) is 0 Å². The number of halogens is 1. The van der Waals surface area contributed by atoms with Gasteiger partial charge in [-0.25, -0.2) is 0 Å². The first-order valence-electron chi connectivity index (χ1n) is 5.16. The minimum atomic E-state index is 0.226. The average Bonchev–Trinajstić information content (AvgIpc) is 2.84. The van der Waals surface area contributed by atoms with Gasteiger partial charge < -0.3 is 0 Å². The number of rotatable bonds is 4. The van der Waals surface area contributed by atoms with Crippen LogP contribution in [0.4, 0.5) is 0 Å². The highest BCUT2D eigenvalue weighted by Crippen LogP contribution is 2.30. The van der Waals surface area contributed by atoms with Gasteiger partial charge in [-0.2, -0.15) is 11.8 Å². The van der Waals surface area contributed by atoms with Crippen LogP contribution in [0.25, 0.3) is 0 Å². The maximum atomic E-state index is 11.7. The van der Waals surface area contributed by atoms with Crippen molar-refractivity contribution in [3.05, 3.63) is 21.3 Å². The molecular weight excluding hydrogens is 248 g/mol. The van der Waals surface area contributed by atoms with Crippen LogP contribution in [0.1, 0.15) is 35.4 Å². The molecule has 0 bridgehead atoms. The summed E-state index contributed by atoms with van der Waals surface area (Å²) in [6.45, 7) is 0. The largest absolute Gasteiger partial charge is 0.292 e. The smallest absolute Gasteiger partial charge is 0.182 e. The molecule has 0 aliphatic heterocycles. The molecule has 0 spiro atoms. The van der Waals surface area contributed by atoms with Crippen LogP contribution in [0.2, 0.25) is 4.34 Å². The number of ketones is 1. The maximum Gasteiger partial charge on any atom is 0.182 e. The Morgan fingerprint density at radius 3 is 2.80 bits per heavy atom. The minimum Gasteiger partial charge on any atom is -0.292 e. The lowest BCUT2D eigenvalue weighted by atomic mass is 10.3. The molecule has 15 heavy (non-hydrogen) atoms. The van der Waals surface area contributed by atoms with E-state index in [2.05, 4.69) is 0 Å². The Labute approximate surface area is 103 Å². The van der Waals surface area contributed by atoms with Gasteiger partial charge >= 0.3 is 0 Å². The molecule has 82 valence electrons. The summed E-state index contributed by atoms with van der Waals surface area (Å²) in [5.41, 5.74) is 0. The molecule has 2 rings (SSSR count). The van der Waals surface area contributed by atoms with Gasteiger partial charge in [0.05, 0.1) is 15.0 Å². The summed E-state index contributed by atoms with van der Waals surface area (Å²) in [6, 6.07) is 3.62. The number of hydrogen-bond acceptors (Lipinski definition) is 3. The summed E-state index contributed by atoms with van der Waals surface area (Å²) in [6.07, 6.45) is 5.22. The quantitative estimate of drug-likeness (QED) is 0.753. The molecule has 0 saturated heterocycles. The van der Waals surface area contributed by atoms with E-state index >= 15 is 0 Å². The van der Waals surface area contributed by atoms with E-state index in [-0.39, 0.29) is 5.78 Å². The van der Waals surface area contributed by atoms with E-state index in [0.29, 0.717) is 15.3 Å². The first-order valence-corrected chi connectivity index (χ1v) is 7.40. The maximum absolute atomic E-state index is 11.7. The van der Waals surface area contributed by atoms with E-state index in [9.17, 15) is 4.79 Å². The number of thiophene rings is 1. The predicted molar refractivity (Wildman–Crippen MR) is 68.4 cm³/mol. The fraction of sp³-hybridized carbons (Fsp3) is 0.545. The first-order chi connectivity index (χ1) is 7.25. The Morgan fingerprint density at radius 1 is 1.47 bits per heavy atom. The van der Waals surface area contributed by atoms with Crippen molar-refractivity contribution < 1.29 is 4.79 Å². The molecule has 1 aromatic rings. The van der Waals surface area contributed by atoms with Crippen LogP contribution >= 0.6 is 34.7 Å². The zero-order valence-electron chi connectivity index (χ0n) is 8.37. The van der Waals surface area contributed by atoms with E-state index in [4.69, 9.17) is 11.6 Å². The molecule has 1 fully saturated rings. The van der Waals surface area contributed by atoms with Crippen LogP contribution in [0, 0.1) is 0 Å². The van der Waals surface area contributed by atoms with Gasteiger partial charge in [-0.1, -0.05) is 24.4 Å². The zero-order valence-corrected chi connectivity index (χ0v) is 10.8. The van der Waals surface area contributed by atoms with E-state index < -0.39 is 0 Å². The Hall–Kier alpha value is 0.01000. The number of hydrogen-bond donors (Lipinski definition) is 0. The number of Topliss-reactive ketones (excluding diaryl/α,β-unsaturated/α-hetero) is 1. The molecule has 4 heteroatoms. The third-order valence-electron chi connectivity index (χ3n) is 2.60. The Bertz CT molecular complexity index is 342. The van der Waals surface area contributed by atoms with Crippen molar-refractivity contribution in [2.24, 2.45) is 0 Å². The Morgan fingerprint density at radius 2 is 2.20 bits per heavy atom. The Balaban J connectivity index is 1.81. The fourth-order valence-corrected chi connectivity index (χ4v) is 4.07. The standard InChI is InChI=1S/C11H13ClOS2/c12-11-6-5-10(15-11)9(13)7-14-8-3-1-2-4-8/h5-6,8H,1-4,7H2. The van der Waals surface area contributed by atoms with E-state index in [1.54, 1.807) is 6.07 Å². The molecule has 1 aliphatic carbocycles. The van der Waals surface area contributed by atoms with Gasteiger partial charge in [-0.15, -0.1) is 11.3 Å². The molecule has 0 radical (unpaired) electrons. The van der Waals surface area contributed by atoms with Crippen LogP contribution in [0.5, 0.6) is 0 Å². The Kier molecular flexibility index (Phi) is 4.12. The normalized spacial score (nSPS) is 17.1. The van der Waals surface area contributed by atoms with Gasteiger partial charge in [0.15, 0.2) is 5.78 Å². The fourth-order valence-electron chi connectivity index (χ4n) is 1.78. The van der Waals surface area contributed by atoms with Gasteiger partial charge in [-0.05, 0) is 25.0 Å². The third-order valence-corrected chi connectivity index (χ3v) is 5.24. The van der Waals surface area contributed by atoms with Crippen molar-refractivity contribution in [3.63, 3.8) is 0 Å². The van der Waals surface area contributed by atoms with Gasteiger partial charge in [0, 0.05) is 5.25 Å². The highest BCUT2D eigenvalue weighted by Gasteiger charge is 2.17. The summed E-state index contributed by atoms with van der Waals surface area (Å²) in [5.74, 6) is 0.838. The van der Waals surface area contributed by atoms with Gasteiger partial charge in [0.25, 0.3) is 0 Å². The topological polar surface area (TPSA) is 17.1 Å². The van der Waals surface area contributed by atoms with E-state index in [1.807, 2.05) is 17.8 Å². The molecule has 1 aromatic heterocycles. The molecular formula is C11H13ClOS2. The van der Waals surface area contributed by atoms with Gasteiger partial charge in [0.1, 0.15) is 0 Å². The highest BCUT2D eigenvalue weighted by atomic mass is 35.5. The number of carbonyl (C=O) groups is 1. The van der Waals surface area contributed by atoms with Crippen molar-refractivity contribution in [2.45, 2.75) is 30.9 Å². The summed E-state index contributed by atoms with van der Waals surface area (Å²) < 4.78 is 0.698. The molecule has 0 atom stereocenters. The summed E-state index contributed by atoms with van der Waals surface area (Å²) in [7, 11) is 0. The summed E-state index contributed by atoms with van der Waals surface area (Å²) >= 11 is 8.98. The zero-order chi connectivity index (χ0) is 10.7. The van der Waals surface area contributed by atoms with Crippen LogP contribution in [0.15, 0.2) is 12.1 Å². The van der Waals surface area contributed by atoms with Crippen LogP contribution in [-0.4, -0.2) is 16.8 Å². The lowest BCUT2D eigenvalue weighted by Crippen LogP contribution is -2.04. The SMILES string of the molecule is O=C(CSC1CCCC1)c1ccc(Cl)s1. The third kappa shape index (κ3) is 3.23. The van der Waals surface area contributed by atoms with Crippen LogP contribution in [0.3, 0.4) is 0 Å².